The summed E-state index contributed by atoms with van der Waals surface area (Å²) >= 11 is 0. The molecule has 2 aromatic heterocycles. The Labute approximate surface area is 141 Å². The molecule has 0 radical (unpaired) electrons. The van der Waals surface area contributed by atoms with Crippen molar-refractivity contribution in [2.75, 3.05) is 6.54 Å². The average molecular weight is 328 g/mol. The van der Waals surface area contributed by atoms with Crippen molar-refractivity contribution in [2.45, 2.75) is 39.2 Å². The Kier molecular flexibility index (Phi) is 4.60. The molecule has 5 heteroatoms. The first kappa shape index (κ1) is 16.6. The van der Waals surface area contributed by atoms with Gasteiger partial charge in [-0.05, 0) is 37.0 Å². The molecule has 0 saturated carbocycles. The van der Waals surface area contributed by atoms with Gasteiger partial charge in [-0.1, -0.05) is 13.8 Å². The lowest BCUT2D eigenvalue weighted by Gasteiger charge is -2.37. The van der Waals surface area contributed by atoms with Crippen LogP contribution in [-0.4, -0.2) is 21.9 Å². The molecule has 0 aliphatic carbocycles. The minimum atomic E-state index is -0.172. The van der Waals surface area contributed by atoms with Crippen molar-refractivity contribution >= 4 is 5.91 Å². The van der Waals surface area contributed by atoms with Gasteiger partial charge in [-0.15, -0.1) is 0 Å². The number of rotatable bonds is 3. The van der Waals surface area contributed by atoms with E-state index in [0.29, 0.717) is 18.0 Å². The molecule has 1 amide bonds. The molecule has 1 fully saturated rings. The number of carbonyl (C=O) groups is 1. The van der Waals surface area contributed by atoms with Crippen LogP contribution in [0.25, 0.3) is 0 Å². The van der Waals surface area contributed by atoms with Crippen molar-refractivity contribution in [1.82, 2.24) is 9.47 Å². The fourth-order valence-corrected chi connectivity index (χ4v) is 3.27. The number of furan rings is 1. The first-order chi connectivity index (χ1) is 11.5. The highest BCUT2D eigenvalue weighted by atomic mass is 16.3. The molecule has 128 valence electrons. The molecule has 5 nitrogen and oxygen atoms in total. The number of hydrogen-bond donors (Lipinski definition) is 0. The number of amides is 1. The molecular formula is C19H24N2O3. The highest BCUT2D eigenvalue weighted by molar-refractivity contribution is 5.94. The van der Waals surface area contributed by atoms with Gasteiger partial charge >= 0.3 is 0 Å². The van der Waals surface area contributed by atoms with Gasteiger partial charge in [0.2, 0.25) is 0 Å². The molecule has 1 aliphatic heterocycles. The van der Waals surface area contributed by atoms with E-state index in [0.717, 1.165) is 30.8 Å². The van der Waals surface area contributed by atoms with Gasteiger partial charge < -0.3 is 13.9 Å². The minimum absolute atomic E-state index is 0.0643. The highest BCUT2D eigenvalue weighted by Crippen LogP contribution is 2.35. The Morgan fingerprint density at radius 3 is 2.79 bits per heavy atom. The second kappa shape index (κ2) is 6.67. The van der Waals surface area contributed by atoms with Crippen LogP contribution in [0.3, 0.4) is 0 Å². The first-order valence-electron chi connectivity index (χ1n) is 8.56. The summed E-state index contributed by atoms with van der Waals surface area (Å²) in [5.74, 6) is 2.22. The SMILES string of the molecule is CCc1ccc([C@H]2C[C@@H](C)CCN2C(=O)c2ccn(C)c(=O)c2)o1. The molecule has 2 aromatic rings. The molecule has 2 atom stereocenters. The molecule has 24 heavy (non-hydrogen) atoms. The second-order valence-electron chi connectivity index (χ2n) is 6.67. The van der Waals surface area contributed by atoms with Crippen LogP contribution in [0.5, 0.6) is 0 Å². The molecule has 3 rings (SSSR count). The number of aromatic nitrogens is 1. The zero-order valence-corrected chi connectivity index (χ0v) is 14.5. The predicted octanol–water partition coefficient (Wildman–Crippen LogP) is 3.15. The molecule has 1 saturated heterocycles. The molecule has 1 aliphatic rings. The Bertz CT molecular complexity index is 790. The van der Waals surface area contributed by atoms with Crippen LogP contribution < -0.4 is 5.56 Å². The van der Waals surface area contributed by atoms with E-state index in [1.54, 1.807) is 19.3 Å². The number of piperidine rings is 1. The Balaban J connectivity index is 1.91. The summed E-state index contributed by atoms with van der Waals surface area (Å²) in [6, 6.07) is 7.02. The van der Waals surface area contributed by atoms with Gasteiger partial charge in [0.1, 0.15) is 11.5 Å². The van der Waals surface area contributed by atoms with E-state index in [1.165, 1.54) is 10.6 Å². The average Bonchev–Trinajstić information content (AvgIpc) is 3.05. The van der Waals surface area contributed by atoms with Gasteiger partial charge in [-0.3, -0.25) is 9.59 Å². The third-order valence-corrected chi connectivity index (χ3v) is 4.84. The number of carbonyl (C=O) groups excluding carboxylic acids is 1. The highest BCUT2D eigenvalue weighted by Gasteiger charge is 2.33. The molecule has 0 aromatic carbocycles. The number of pyridine rings is 1. The molecule has 0 bridgehead atoms. The zero-order valence-electron chi connectivity index (χ0n) is 14.5. The van der Waals surface area contributed by atoms with E-state index in [-0.39, 0.29) is 17.5 Å². The normalized spacial score (nSPS) is 21.0. The zero-order chi connectivity index (χ0) is 17.3. The summed E-state index contributed by atoms with van der Waals surface area (Å²) < 4.78 is 7.38. The van der Waals surface area contributed by atoms with Gasteiger partial charge in [-0.25, -0.2) is 0 Å². The maximum absolute atomic E-state index is 13.0. The van der Waals surface area contributed by atoms with Gasteiger partial charge in [0, 0.05) is 37.8 Å². The maximum Gasteiger partial charge on any atom is 0.254 e. The number of aryl methyl sites for hydroxylation is 2. The second-order valence-corrected chi connectivity index (χ2v) is 6.67. The van der Waals surface area contributed by atoms with Gasteiger partial charge in [0.25, 0.3) is 11.5 Å². The fourth-order valence-electron chi connectivity index (χ4n) is 3.27. The summed E-state index contributed by atoms with van der Waals surface area (Å²) in [5.41, 5.74) is 0.272. The first-order valence-corrected chi connectivity index (χ1v) is 8.56. The van der Waals surface area contributed by atoms with E-state index in [2.05, 4.69) is 13.8 Å². The van der Waals surface area contributed by atoms with Gasteiger partial charge in [0.15, 0.2) is 0 Å². The number of hydrogen-bond acceptors (Lipinski definition) is 3. The van der Waals surface area contributed by atoms with E-state index in [4.69, 9.17) is 4.42 Å². The smallest absolute Gasteiger partial charge is 0.254 e. The van der Waals surface area contributed by atoms with Crippen LogP contribution in [0.2, 0.25) is 0 Å². The number of nitrogens with zero attached hydrogens (tertiary/aromatic N) is 2. The van der Waals surface area contributed by atoms with Crippen molar-refractivity contribution in [3.05, 3.63) is 57.9 Å². The molecule has 0 unspecified atom stereocenters. The van der Waals surface area contributed by atoms with Crippen molar-refractivity contribution in [3.8, 4) is 0 Å². The Morgan fingerprint density at radius 2 is 2.12 bits per heavy atom. The van der Waals surface area contributed by atoms with Crippen LogP contribution in [0, 0.1) is 5.92 Å². The van der Waals surface area contributed by atoms with E-state index < -0.39 is 0 Å². The van der Waals surface area contributed by atoms with E-state index in [1.807, 2.05) is 17.0 Å². The Hall–Kier alpha value is -2.30. The molecule has 3 heterocycles. The van der Waals surface area contributed by atoms with E-state index in [9.17, 15) is 9.59 Å². The van der Waals surface area contributed by atoms with Crippen molar-refractivity contribution < 1.29 is 9.21 Å². The van der Waals surface area contributed by atoms with Crippen LogP contribution >= 0.6 is 0 Å². The third kappa shape index (κ3) is 3.16. The minimum Gasteiger partial charge on any atom is -0.464 e. The largest absolute Gasteiger partial charge is 0.464 e. The lowest BCUT2D eigenvalue weighted by atomic mass is 9.90. The van der Waals surface area contributed by atoms with Crippen molar-refractivity contribution in [1.29, 1.82) is 0 Å². The Morgan fingerprint density at radius 1 is 1.33 bits per heavy atom. The van der Waals surface area contributed by atoms with Crippen LogP contribution in [0.15, 0.2) is 39.7 Å². The third-order valence-electron chi connectivity index (χ3n) is 4.84. The summed E-state index contributed by atoms with van der Waals surface area (Å²) in [5, 5.41) is 0. The lowest BCUT2D eigenvalue weighted by Crippen LogP contribution is -2.41. The van der Waals surface area contributed by atoms with Crippen LogP contribution in [0.1, 0.15) is 54.6 Å². The quantitative estimate of drug-likeness (QED) is 0.870. The maximum atomic E-state index is 13.0. The monoisotopic (exact) mass is 328 g/mol. The topological polar surface area (TPSA) is 55.5 Å². The van der Waals surface area contributed by atoms with E-state index >= 15 is 0 Å². The van der Waals surface area contributed by atoms with Gasteiger partial charge in [0.05, 0.1) is 6.04 Å². The fraction of sp³-hybridized carbons (Fsp3) is 0.474. The molecular weight excluding hydrogens is 304 g/mol. The predicted molar refractivity (Wildman–Crippen MR) is 91.9 cm³/mol. The summed E-state index contributed by atoms with van der Waals surface area (Å²) in [4.78, 5) is 26.7. The summed E-state index contributed by atoms with van der Waals surface area (Å²) in [7, 11) is 1.68. The molecule has 0 spiro atoms. The summed E-state index contributed by atoms with van der Waals surface area (Å²) in [6.45, 7) is 4.94. The standard InChI is InChI=1S/C19H24N2O3/c1-4-15-5-6-17(24-15)16-11-13(2)7-10-21(16)19(23)14-8-9-20(3)18(22)12-14/h5-6,8-9,12-13,16H,4,7,10-11H2,1-3H3/t13-,16+/m0/s1. The number of likely N-dealkylation sites (tertiary alicyclic amines) is 1. The lowest BCUT2D eigenvalue weighted by molar-refractivity contribution is 0.0518. The molecule has 0 N–H and O–H groups in total. The van der Waals surface area contributed by atoms with Crippen molar-refractivity contribution in [2.24, 2.45) is 13.0 Å². The van der Waals surface area contributed by atoms with Crippen molar-refractivity contribution in [3.63, 3.8) is 0 Å². The summed E-state index contributed by atoms with van der Waals surface area (Å²) in [6.07, 6.45) is 4.33. The van der Waals surface area contributed by atoms with Crippen LogP contribution in [-0.2, 0) is 13.5 Å². The van der Waals surface area contributed by atoms with Gasteiger partial charge in [-0.2, -0.15) is 0 Å². The van der Waals surface area contributed by atoms with Crippen LogP contribution in [0.4, 0.5) is 0 Å².